The highest BCUT2D eigenvalue weighted by molar-refractivity contribution is 7.89. The molecule has 8 heteroatoms. The molecule has 1 aromatic carbocycles. The maximum atomic E-state index is 12.9. The van der Waals surface area contributed by atoms with E-state index in [-0.39, 0.29) is 5.54 Å². The van der Waals surface area contributed by atoms with E-state index in [2.05, 4.69) is 19.9 Å². The SMILES string of the molecule is O=S(=O)(NC1(CN2CCCCC2)CCC1)c1ccc(-n2ccnn2)cc1. The molecule has 1 aliphatic carbocycles. The molecular weight excluding hydrogens is 350 g/mol. The van der Waals surface area contributed by atoms with Gasteiger partial charge in [0.25, 0.3) is 0 Å². The molecule has 2 fully saturated rings. The molecule has 26 heavy (non-hydrogen) atoms. The maximum Gasteiger partial charge on any atom is 0.241 e. The van der Waals surface area contributed by atoms with E-state index in [4.69, 9.17) is 0 Å². The molecule has 7 nitrogen and oxygen atoms in total. The number of likely N-dealkylation sites (tertiary alicyclic amines) is 1. The van der Waals surface area contributed by atoms with Crippen molar-refractivity contribution in [2.45, 2.75) is 49.0 Å². The van der Waals surface area contributed by atoms with Gasteiger partial charge in [0, 0.05) is 12.1 Å². The second-order valence-corrected chi connectivity index (χ2v) is 9.10. The molecule has 0 spiro atoms. The van der Waals surface area contributed by atoms with Crippen LogP contribution in [0.1, 0.15) is 38.5 Å². The quantitative estimate of drug-likeness (QED) is 0.835. The van der Waals surface area contributed by atoms with Crippen LogP contribution in [0.2, 0.25) is 0 Å². The van der Waals surface area contributed by atoms with Crippen molar-refractivity contribution < 1.29 is 8.42 Å². The highest BCUT2D eigenvalue weighted by Gasteiger charge is 2.42. The summed E-state index contributed by atoms with van der Waals surface area (Å²) < 4.78 is 30.5. The van der Waals surface area contributed by atoms with Gasteiger partial charge >= 0.3 is 0 Å². The number of nitrogens with zero attached hydrogens (tertiary/aromatic N) is 4. The lowest BCUT2D eigenvalue weighted by molar-refractivity contribution is 0.115. The van der Waals surface area contributed by atoms with Gasteiger partial charge in [-0.3, -0.25) is 0 Å². The van der Waals surface area contributed by atoms with Crippen molar-refractivity contribution in [2.24, 2.45) is 0 Å². The van der Waals surface area contributed by atoms with E-state index in [1.807, 2.05) is 0 Å². The Morgan fingerprint density at radius 2 is 1.77 bits per heavy atom. The van der Waals surface area contributed by atoms with Crippen molar-refractivity contribution in [1.29, 1.82) is 0 Å². The molecule has 0 unspecified atom stereocenters. The molecule has 1 aliphatic heterocycles. The van der Waals surface area contributed by atoms with Gasteiger partial charge in [0.15, 0.2) is 0 Å². The summed E-state index contributed by atoms with van der Waals surface area (Å²) in [6, 6.07) is 6.77. The highest BCUT2D eigenvalue weighted by atomic mass is 32.2. The van der Waals surface area contributed by atoms with Crippen LogP contribution in [0.15, 0.2) is 41.6 Å². The molecule has 0 bridgehead atoms. The Morgan fingerprint density at radius 3 is 2.35 bits per heavy atom. The number of benzene rings is 1. The number of hydrogen-bond acceptors (Lipinski definition) is 5. The Bertz CT molecular complexity index is 823. The summed E-state index contributed by atoms with van der Waals surface area (Å²) in [5.74, 6) is 0. The standard InChI is InChI=1S/C18H25N5O2S/c24-26(25,17-7-5-16(6-8-17)23-14-11-19-21-23)20-18(9-4-10-18)15-22-12-2-1-3-13-22/h5-8,11,14,20H,1-4,9-10,12-13,15H2. The fourth-order valence-electron chi connectivity index (χ4n) is 3.91. The van der Waals surface area contributed by atoms with Crippen molar-refractivity contribution in [3.8, 4) is 5.69 Å². The zero-order valence-electron chi connectivity index (χ0n) is 14.8. The largest absolute Gasteiger partial charge is 0.301 e. The second-order valence-electron chi connectivity index (χ2n) is 7.42. The topological polar surface area (TPSA) is 80.1 Å². The fourth-order valence-corrected chi connectivity index (χ4v) is 5.36. The number of rotatable bonds is 6. The fraction of sp³-hybridized carbons (Fsp3) is 0.556. The Labute approximate surface area is 154 Å². The van der Waals surface area contributed by atoms with E-state index in [0.717, 1.165) is 44.6 Å². The molecule has 1 saturated carbocycles. The van der Waals surface area contributed by atoms with Crippen LogP contribution in [0.25, 0.3) is 5.69 Å². The Hall–Kier alpha value is -1.77. The first-order valence-electron chi connectivity index (χ1n) is 9.30. The first kappa shape index (κ1) is 17.6. The van der Waals surface area contributed by atoms with Gasteiger partial charge in [0.1, 0.15) is 0 Å². The van der Waals surface area contributed by atoms with Crippen LogP contribution >= 0.6 is 0 Å². The van der Waals surface area contributed by atoms with Gasteiger partial charge in [-0.15, -0.1) is 5.10 Å². The molecular formula is C18H25N5O2S. The number of piperidine rings is 1. The van der Waals surface area contributed by atoms with E-state index in [0.29, 0.717) is 4.90 Å². The predicted octanol–water partition coefficient (Wildman–Crippen LogP) is 1.95. The number of aromatic nitrogens is 3. The molecule has 1 aromatic heterocycles. The highest BCUT2D eigenvalue weighted by Crippen LogP contribution is 2.35. The van der Waals surface area contributed by atoms with Crippen LogP contribution in [-0.2, 0) is 10.0 Å². The Morgan fingerprint density at radius 1 is 1.04 bits per heavy atom. The van der Waals surface area contributed by atoms with Crippen LogP contribution in [0.3, 0.4) is 0 Å². The van der Waals surface area contributed by atoms with Crippen molar-refractivity contribution in [3.63, 3.8) is 0 Å². The lowest BCUT2D eigenvalue weighted by atomic mass is 9.77. The van der Waals surface area contributed by atoms with Gasteiger partial charge < -0.3 is 4.90 Å². The Balaban J connectivity index is 1.48. The number of hydrogen-bond donors (Lipinski definition) is 1. The summed E-state index contributed by atoms with van der Waals surface area (Å²) in [6.07, 6.45) is 9.95. The number of nitrogens with one attached hydrogen (secondary N) is 1. The molecule has 0 atom stereocenters. The smallest absolute Gasteiger partial charge is 0.241 e. The minimum absolute atomic E-state index is 0.297. The summed E-state index contributed by atoms with van der Waals surface area (Å²) in [5, 5.41) is 7.69. The molecule has 4 rings (SSSR count). The third kappa shape index (κ3) is 3.67. The van der Waals surface area contributed by atoms with Crippen LogP contribution in [0.5, 0.6) is 0 Å². The van der Waals surface area contributed by atoms with Gasteiger partial charge in [0.05, 0.1) is 23.0 Å². The molecule has 2 aromatic rings. The normalized spacial score (nSPS) is 20.6. The second kappa shape index (κ2) is 7.09. The van der Waals surface area contributed by atoms with E-state index >= 15 is 0 Å². The molecule has 0 radical (unpaired) electrons. The van der Waals surface area contributed by atoms with Gasteiger partial charge in [-0.05, 0) is 69.5 Å². The minimum atomic E-state index is -3.54. The molecule has 2 aliphatic rings. The first-order valence-corrected chi connectivity index (χ1v) is 10.8. The zero-order valence-corrected chi connectivity index (χ0v) is 15.7. The van der Waals surface area contributed by atoms with E-state index in [1.165, 1.54) is 19.3 Å². The summed E-state index contributed by atoms with van der Waals surface area (Å²) in [4.78, 5) is 2.71. The van der Waals surface area contributed by atoms with Crippen LogP contribution in [-0.4, -0.2) is 53.5 Å². The van der Waals surface area contributed by atoms with Crippen LogP contribution in [0, 0.1) is 0 Å². The Kier molecular flexibility index (Phi) is 4.81. The minimum Gasteiger partial charge on any atom is -0.301 e. The molecule has 0 amide bonds. The van der Waals surface area contributed by atoms with E-state index < -0.39 is 10.0 Å². The van der Waals surface area contributed by atoms with Gasteiger partial charge in [-0.1, -0.05) is 11.6 Å². The number of sulfonamides is 1. The first-order chi connectivity index (χ1) is 12.6. The van der Waals surface area contributed by atoms with Gasteiger partial charge in [-0.2, -0.15) is 0 Å². The summed E-state index contributed by atoms with van der Waals surface area (Å²) >= 11 is 0. The van der Waals surface area contributed by atoms with E-state index in [1.54, 1.807) is 41.3 Å². The lowest BCUT2D eigenvalue weighted by Gasteiger charge is -2.46. The van der Waals surface area contributed by atoms with Crippen molar-refractivity contribution in [1.82, 2.24) is 24.6 Å². The summed E-state index contributed by atoms with van der Waals surface area (Å²) in [6.45, 7) is 2.98. The van der Waals surface area contributed by atoms with Crippen LogP contribution < -0.4 is 4.72 Å². The summed E-state index contributed by atoms with van der Waals surface area (Å²) in [5.41, 5.74) is 0.480. The zero-order chi connectivity index (χ0) is 18.0. The predicted molar refractivity (Wildman–Crippen MR) is 98.6 cm³/mol. The van der Waals surface area contributed by atoms with E-state index in [9.17, 15) is 8.42 Å². The van der Waals surface area contributed by atoms with Crippen molar-refractivity contribution in [3.05, 3.63) is 36.7 Å². The average Bonchev–Trinajstić information content (AvgIpc) is 3.15. The molecule has 2 heterocycles. The lowest BCUT2D eigenvalue weighted by Crippen LogP contribution is -2.60. The van der Waals surface area contributed by atoms with Crippen LogP contribution in [0.4, 0.5) is 0 Å². The van der Waals surface area contributed by atoms with Gasteiger partial charge in [0.2, 0.25) is 10.0 Å². The maximum absolute atomic E-state index is 12.9. The molecule has 140 valence electrons. The van der Waals surface area contributed by atoms with Gasteiger partial charge in [-0.25, -0.2) is 17.8 Å². The summed E-state index contributed by atoms with van der Waals surface area (Å²) in [7, 11) is -3.54. The monoisotopic (exact) mass is 375 g/mol. The van der Waals surface area contributed by atoms with Crippen molar-refractivity contribution in [2.75, 3.05) is 19.6 Å². The third-order valence-corrected chi connectivity index (χ3v) is 7.07. The average molecular weight is 375 g/mol. The van der Waals surface area contributed by atoms with Crippen molar-refractivity contribution >= 4 is 10.0 Å². The molecule has 1 saturated heterocycles. The third-order valence-electron chi connectivity index (χ3n) is 5.47. The molecule has 1 N–H and O–H groups in total.